The summed E-state index contributed by atoms with van der Waals surface area (Å²) in [6, 6.07) is 16.8. The van der Waals surface area contributed by atoms with Gasteiger partial charge in [-0.25, -0.2) is 9.37 Å². The third-order valence-corrected chi connectivity index (χ3v) is 3.90. The van der Waals surface area contributed by atoms with Crippen molar-refractivity contribution in [1.82, 2.24) is 4.98 Å². The van der Waals surface area contributed by atoms with Gasteiger partial charge in [-0.1, -0.05) is 48.5 Å². The number of rotatable bonds is 2. The largest absolute Gasteiger partial charge is 0.488 e. The maximum atomic E-state index is 15.0. The standard InChI is InChI=1S/C19H15FN2O/c20-18-15(13-5-2-1-3-6-13)7-4-8-16(18)14-11-17-19(22-12-14)21-9-10-23-17/h1-8,11-12H,9-10H2,(H,21,22). The van der Waals surface area contributed by atoms with E-state index in [2.05, 4.69) is 10.3 Å². The van der Waals surface area contributed by atoms with Gasteiger partial charge < -0.3 is 10.1 Å². The second kappa shape index (κ2) is 5.72. The lowest BCUT2D eigenvalue weighted by molar-refractivity contribution is 0.321. The Morgan fingerprint density at radius 2 is 1.74 bits per heavy atom. The van der Waals surface area contributed by atoms with Crippen LogP contribution in [0.15, 0.2) is 60.8 Å². The van der Waals surface area contributed by atoms with Crippen LogP contribution >= 0.6 is 0 Å². The van der Waals surface area contributed by atoms with Crippen molar-refractivity contribution in [1.29, 1.82) is 0 Å². The van der Waals surface area contributed by atoms with Crippen LogP contribution in [0.4, 0.5) is 10.2 Å². The Morgan fingerprint density at radius 1 is 0.957 bits per heavy atom. The zero-order chi connectivity index (χ0) is 15.6. The Morgan fingerprint density at radius 3 is 2.57 bits per heavy atom. The molecule has 0 saturated heterocycles. The van der Waals surface area contributed by atoms with Gasteiger partial charge in [0, 0.05) is 22.9 Å². The molecular formula is C19H15FN2O. The van der Waals surface area contributed by atoms with Crippen molar-refractivity contribution in [2.45, 2.75) is 0 Å². The molecule has 0 unspecified atom stereocenters. The maximum Gasteiger partial charge on any atom is 0.168 e. The van der Waals surface area contributed by atoms with Crippen LogP contribution in [0, 0.1) is 5.82 Å². The zero-order valence-electron chi connectivity index (χ0n) is 12.4. The Bertz CT molecular complexity index is 849. The SMILES string of the molecule is Fc1c(-c2ccccc2)cccc1-c1cnc2c(c1)OCCN2. The van der Waals surface area contributed by atoms with E-state index in [4.69, 9.17) is 4.74 Å². The van der Waals surface area contributed by atoms with E-state index < -0.39 is 0 Å². The van der Waals surface area contributed by atoms with Crippen LogP contribution in [0.1, 0.15) is 0 Å². The fourth-order valence-corrected chi connectivity index (χ4v) is 2.76. The van der Waals surface area contributed by atoms with Crippen LogP contribution in [-0.4, -0.2) is 18.1 Å². The molecule has 0 aliphatic carbocycles. The highest BCUT2D eigenvalue weighted by atomic mass is 19.1. The first kappa shape index (κ1) is 13.8. The van der Waals surface area contributed by atoms with Gasteiger partial charge in [0.1, 0.15) is 12.4 Å². The summed E-state index contributed by atoms with van der Waals surface area (Å²) in [7, 11) is 0. The molecule has 4 rings (SSSR count). The van der Waals surface area contributed by atoms with Gasteiger partial charge in [0.05, 0.1) is 6.54 Å². The molecule has 0 spiro atoms. The van der Waals surface area contributed by atoms with Crippen molar-refractivity contribution in [3.05, 3.63) is 66.6 Å². The quantitative estimate of drug-likeness (QED) is 0.764. The lowest BCUT2D eigenvalue weighted by atomic mass is 9.99. The number of fused-ring (bicyclic) bond motifs is 1. The van der Waals surface area contributed by atoms with Gasteiger partial charge >= 0.3 is 0 Å². The van der Waals surface area contributed by atoms with Gasteiger partial charge in [-0.05, 0) is 11.6 Å². The van der Waals surface area contributed by atoms with Gasteiger partial charge in [-0.15, -0.1) is 0 Å². The summed E-state index contributed by atoms with van der Waals surface area (Å²) in [4.78, 5) is 4.34. The van der Waals surface area contributed by atoms with E-state index >= 15 is 0 Å². The number of ether oxygens (including phenoxy) is 1. The minimum atomic E-state index is -0.246. The van der Waals surface area contributed by atoms with E-state index in [9.17, 15) is 4.39 Å². The normalized spacial score (nSPS) is 12.9. The van der Waals surface area contributed by atoms with Crippen LogP contribution in [0.25, 0.3) is 22.3 Å². The van der Waals surface area contributed by atoms with Crippen molar-refractivity contribution >= 4 is 5.82 Å². The average Bonchev–Trinajstić information content (AvgIpc) is 2.62. The van der Waals surface area contributed by atoms with Crippen molar-refractivity contribution < 1.29 is 9.13 Å². The minimum Gasteiger partial charge on any atom is -0.488 e. The zero-order valence-corrected chi connectivity index (χ0v) is 12.4. The monoisotopic (exact) mass is 306 g/mol. The smallest absolute Gasteiger partial charge is 0.168 e. The van der Waals surface area contributed by atoms with E-state index in [1.54, 1.807) is 18.3 Å². The molecule has 1 N–H and O–H groups in total. The van der Waals surface area contributed by atoms with E-state index in [1.807, 2.05) is 42.5 Å². The molecule has 0 saturated carbocycles. The summed E-state index contributed by atoms with van der Waals surface area (Å²) >= 11 is 0. The molecule has 0 radical (unpaired) electrons. The molecule has 3 aromatic rings. The lowest BCUT2D eigenvalue weighted by Crippen LogP contribution is -2.18. The highest BCUT2D eigenvalue weighted by molar-refractivity contribution is 5.75. The fourth-order valence-electron chi connectivity index (χ4n) is 2.76. The molecule has 3 nitrogen and oxygen atoms in total. The van der Waals surface area contributed by atoms with Crippen molar-refractivity contribution in [2.24, 2.45) is 0 Å². The van der Waals surface area contributed by atoms with Crippen LogP contribution in [0.5, 0.6) is 5.75 Å². The Hall–Kier alpha value is -2.88. The summed E-state index contributed by atoms with van der Waals surface area (Å²) < 4.78 is 20.6. The second-order valence-corrected chi connectivity index (χ2v) is 5.38. The highest BCUT2D eigenvalue weighted by Gasteiger charge is 2.16. The summed E-state index contributed by atoms with van der Waals surface area (Å²) in [5, 5.41) is 3.16. The van der Waals surface area contributed by atoms with Gasteiger partial charge in [-0.3, -0.25) is 0 Å². The van der Waals surface area contributed by atoms with Gasteiger partial charge in [-0.2, -0.15) is 0 Å². The second-order valence-electron chi connectivity index (χ2n) is 5.38. The average molecular weight is 306 g/mol. The first-order valence-electron chi connectivity index (χ1n) is 7.54. The number of pyridine rings is 1. The third-order valence-electron chi connectivity index (χ3n) is 3.90. The lowest BCUT2D eigenvalue weighted by Gasteiger charge is -2.19. The van der Waals surface area contributed by atoms with E-state index in [-0.39, 0.29) is 5.82 Å². The third kappa shape index (κ3) is 2.52. The minimum absolute atomic E-state index is 0.246. The Balaban J connectivity index is 1.81. The molecule has 0 bridgehead atoms. The van der Waals surface area contributed by atoms with Crippen molar-refractivity contribution in [3.63, 3.8) is 0 Å². The molecule has 1 aliphatic rings. The Labute approximate surface area is 133 Å². The number of nitrogens with one attached hydrogen (secondary N) is 1. The molecular weight excluding hydrogens is 291 g/mol. The first-order chi connectivity index (χ1) is 11.3. The number of hydrogen-bond donors (Lipinski definition) is 1. The number of anilines is 1. The Kier molecular flexibility index (Phi) is 3.42. The van der Waals surface area contributed by atoms with E-state index in [0.29, 0.717) is 34.9 Å². The van der Waals surface area contributed by atoms with Gasteiger partial charge in [0.25, 0.3) is 0 Å². The summed E-state index contributed by atoms with van der Waals surface area (Å²) in [5.74, 6) is 1.13. The summed E-state index contributed by atoms with van der Waals surface area (Å²) in [6.45, 7) is 1.32. The topological polar surface area (TPSA) is 34.1 Å². The van der Waals surface area contributed by atoms with E-state index in [1.165, 1.54) is 0 Å². The summed E-state index contributed by atoms with van der Waals surface area (Å²) in [5.41, 5.74) is 2.68. The van der Waals surface area contributed by atoms with E-state index in [0.717, 1.165) is 12.1 Å². The molecule has 1 aliphatic heterocycles. The van der Waals surface area contributed by atoms with Crippen LogP contribution in [-0.2, 0) is 0 Å². The number of halogens is 1. The van der Waals surface area contributed by atoms with Crippen LogP contribution < -0.4 is 10.1 Å². The predicted octanol–water partition coefficient (Wildman–Crippen LogP) is 4.36. The molecule has 2 aromatic carbocycles. The van der Waals surface area contributed by atoms with Crippen LogP contribution in [0.3, 0.4) is 0 Å². The summed E-state index contributed by atoms with van der Waals surface area (Å²) in [6.07, 6.45) is 1.67. The molecule has 0 fully saturated rings. The molecule has 2 heterocycles. The molecule has 1 aromatic heterocycles. The maximum absolute atomic E-state index is 15.0. The van der Waals surface area contributed by atoms with Gasteiger partial charge in [0.2, 0.25) is 0 Å². The molecule has 114 valence electrons. The molecule has 0 atom stereocenters. The number of aromatic nitrogens is 1. The first-order valence-corrected chi connectivity index (χ1v) is 7.54. The number of hydrogen-bond acceptors (Lipinski definition) is 3. The van der Waals surface area contributed by atoms with Gasteiger partial charge in [0.15, 0.2) is 11.6 Å². The highest BCUT2D eigenvalue weighted by Crippen LogP contribution is 2.34. The number of benzene rings is 2. The van der Waals surface area contributed by atoms with Crippen LogP contribution in [0.2, 0.25) is 0 Å². The predicted molar refractivity (Wildman–Crippen MR) is 89.1 cm³/mol. The van der Waals surface area contributed by atoms with Crippen molar-refractivity contribution in [2.75, 3.05) is 18.5 Å². The molecule has 23 heavy (non-hydrogen) atoms. The van der Waals surface area contributed by atoms with Crippen molar-refractivity contribution in [3.8, 4) is 28.0 Å². The number of nitrogens with zero attached hydrogens (tertiary/aromatic N) is 1. The molecule has 0 amide bonds. The fraction of sp³-hybridized carbons (Fsp3) is 0.105. The molecule has 4 heteroatoms.